The van der Waals surface area contributed by atoms with Crippen molar-refractivity contribution < 1.29 is 42.3 Å². The predicted molar refractivity (Wildman–Crippen MR) is 155 cm³/mol. The number of nitro groups is 1. The largest absolute Gasteiger partial charge is 0.466 e. The van der Waals surface area contributed by atoms with Crippen LogP contribution in [0.5, 0.6) is 0 Å². The molecule has 2 aromatic carbocycles. The summed E-state index contributed by atoms with van der Waals surface area (Å²) >= 11 is 5.95. The Hall–Kier alpha value is -3.94. The summed E-state index contributed by atoms with van der Waals surface area (Å²) in [7, 11) is 0.897. The molecule has 0 spiro atoms. The van der Waals surface area contributed by atoms with Gasteiger partial charge in [0, 0.05) is 29.4 Å². The quantitative estimate of drug-likeness (QED) is 0.104. The summed E-state index contributed by atoms with van der Waals surface area (Å²) in [5.41, 5.74) is -2.64. The number of benzene rings is 2. The number of hydrogen-bond acceptors (Lipinski definition) is 9. The number of esters is 2. The van der Waals surface area contributed by atoms with E-state index >= 15 is 0 Å². The summed E-state index contributed by atoms with van der Waals surface area (Å²) in [6.07, 6.45) is -3.02. The van der Waals surface area contributed by atoms with Crippen LogP contribution < -0.4 is 10.6 Å². The number of non-ortho nitro benzene ring substituents is 1. The monoisotopic (exact) mass is 639 g/mol. The maximum Gasteiger partial charge on any atom is 0.431 e. The number of unbranched alkanes of at least 4 members (excludes halogenated alkanes) is 3. The van der Waals surface area contributed by atoms with E-state index in [2.05, 4.69) is 15.4 Å². The van der Waals surface area contributed by atoms with Crippen molar-refractivity contribution >= 4 is 29.2 Å². The highest BCUT2D eigenvalue weighted by molar-refractivity contribution is 6.30. The summed E-state index contributed by atoms with van der Waals surface area (Å²) in [5, 5.41) is 27.4. The summed E-state index contributed by atoms with van der Waals surface area (Å²) in [4.78, 5) is 36.6. The minimum atomic E-state index is -5.03. The molecule has 10 nitrogen and oxygen atoms in total. The van der Waals surface area contributed by atoms with Crippen LogP contribution in [0.2, 0.25) is 5.02 Å². The zero-order valence-corrected chi connectivity index (χ0v) is 24.8. The Labute approximate surface area is 257 Å². The van der Waals surface area contributed by atoms with Gasteiger partial charge in [0.2, 0.25) is 0 Å². The number of alkyl halides is 3. The molecule has 2 aromatic rings. The second-order valence-electron chi connectivity index (χ2n) is 10.1. The molecule has 1 aliphatic heterocycles. The van der Waals surface area contributed by atoms with Crippen molar-refractivity contribution in [2.75, 3.05) is 26.8 Å². The molecule has 0 saturated carbocycles. The zero-order valence-electron chi connectivity index (χ0n) is 24.1. The molecule has 0 saturated heterocycles. The summed E-state index contributed by atoms with van der Waals surface area (Å²) in [5.74, 6) is -3.96. The first-order valence-corrected chi connectivity index (χ1v) is 14.2. The molecule has 3 rings (SSSR count). The lowest BCUT2D eigenvalue weighted by Gasteiger charge is -2.31. The Bertz CT molecular complexity index is 1430. The molecule has 2 unspecified atom stereocenters. The van der Waals surface area contributed by atoms with Gasteiger partial charge in [0.05, 0.1) is 41.8 Å². The van der Waals surface area contributed by atoms with Crippen molar-refractivity contribution in [1.29, 1.82) is 0 Å². The highest BCUT2D eigenvalue weighted by Crippen LogP contribution is 2.44. The van der Waals surface area contributed by atoms with Crippen molar-refractivity contribution in [3.63, 3.8) is 0 Å². The van der Waals surface area contributed by atoms with Crippen LogP contribution in [0.1, 0.15) is 55.8 Å². The van der Waals surface area contributed by atoms with Gasteiger partial charge < -0.3 is 25.2 Å². The fourth-order valence-electron chi connectivity index (χ4n) is 4.82. The van der Waals surface area contributed by atoms with E-state index in [1.807, 2.05) is 0 Å². The van der Waals surface area contributed by atoms with Gasteiger partial charge in [0.1, 0.15) is 5.70 Å². The van der Waals surface area contributed by atoms with Gasteiger partial charge in [-0.2, -0.15) is 13.2 Å². The minimum Gasteiger partial charge on any atom is -0.466 e. The lowest BCUT2D eigenvalue weighted by molar-refractivity contribution is -0.384. The summed E-state index contributed by atoms with van der Waals surface area (Å²) in [6, 6.07) is 11.7. The molecule has 2 atom stereocenters. The zero-order chi connectivity index (χ0) is 32.4. The smallest absolute Gasteiger partial charge is 0.431 e. The number of dihydropyridines is 1. The van der Waals surface area contributed by atoms with Gasteiger partial charge in [0.15, 0.2) is 0 Å². The molecular formula is C30H33ClF3N3O7. The summed E-state index contributed by atoms with van der Waals surface area (Å²) in [6.45, 7) is 2.19. The van der Waals surface area contributed by atoms with Crippen LogP contribution in [0.4, 0.5) is 18.9 Å². The third-order valence-corrected chi connectivity index (χ3v) is 7.17. The standard InChI is InChI=1S/C30H33ClF3N3O7/c1-18-24(29(40)44-14-6-4-3-5-13-35-17-23(38)19-9-7-11-21(31)15-19)25(20-10-8-12-22(16-20)37(41)42)26(28(39)43-2)27(36-18)30(32,33)34/h7-12,15-16,23,25,35-36,38H,3-6,13-14,17H2,1-2H3. The van der Waals surface area contributed by atoms with E-state index in [-0.39, 0.29) is 23.4 Å². The number of nitro benzene ring substituents is 1. The fourth-order valence-corrected chi connectivity index (χ4v) is 5.02. The van der Waals surface area contributed by atoms with E-state index in [0.717, 1.165) is 32.1 Å². The normalized spacial score (nSPS) is 15.9. The maximum absolute atomic E-state index is 14.0. The Morgan fingerprint density at radius 3 is 2.45 bits per heavy atom. The molecule has 238 valence electrons. The van der Waals surface area contributed by atoms with E-state index in [0.29, 0.717) is 36.5 Å². The maximum atomic E-state index is 14.0. The molecule has 0 fully saturated rings. The second kappa shape index (κ2) is 15.7. The number of allylic oxidation sites excluding steroid dienone is 2. The molecular weight excluding hydrogens is 607 g/mol. The number of nitrogens with one attached hydrogen (secondary N) is 2. The third kappa shape index (κ3) is 9.04. The van der Waals surface area contributed by atoms with Crippen LogP contribution in [0.25, 0.3) is 0 Å². The molecule has 1 heterocycles. The van der Waals surface area contributed by atoms with E-state index < -0.39 is 52.0 Å². The van der Waals surface area contributed by atoms with Crippen LogP contribution in [0, 0.1) is 10.1 Å². The Kier molecular flexibility index (Phi) is 12.3. The highest BCUT2D eigenvalue weighted by atomic mass is 35.5. The van der Waals surface area contributed by atoms with Gasteiger partial charge in [-0.25, -0.2) is 9.59 Å². The van der Waals surface area contributed by atoms with Gasteiger partial charge in [-0.1, -0.05) is 48.7 Å². The molecule has 0 bridgehead atoms. The average molecular weight is 640 g/mol. The third-order valence-electron chi connectivity index (χ3n) is 6.94. The van der Waals surface area contributed by atoms with Crippen molar-refractivity contribution in [2.45, 2.75) is 50.8 Å². The highest BCUT2D eigenvalue weighted by Gasteiger charge is 2.47. The second-order valence-corrected chi connectivity index (χ2v) is 10.5. The number of nitrogens with zero attached hydrogens (tertiary/aromatic N) is 1. The minimum absolute atomic E-state index is 0.0401. The molecule has 0 amide bonds. The van der Waals surface area contributed by atoms with Crippen LogP contribution in [0.15, 0.2) is 71.1 Å². The first-order valence-electron chi connectivity index (χ1n) is 13.8. The van der Waals surface area contributed by atoms with Crippen molar-refractivity contribution in [3.05, 3.63) is 97.3 Å². The van der Waals surface area contributed by atoms with Gasteiger partial charge in [-0.3, -0.25) is 10.1 Å². The summed E-state index contributed by atoms with van der Waals surface area (Å²) < 4.78 is 52.1. The van der Waals surface area contributed by atoms with Crippen molar-refractivity contribution in [3.8, 4) is 0 Å². The Morgan fingerprint density at radius 1 is 1.09 bits per heavy atom. The number of carbonyl (C=O) groups excluding carboxylic acids is 2. The molecule has 1 aliphatic rings. The van der Waals surface area contributed by atoms with Gasteiger partial charge >= 0.3 is 18.1 Å². The number of ether oxygens (including phenoxy) is 2. The number of methoxy groups -OCH3 is 1. The SMILES string of the molecule is COC(=O)C1=C(C(F)(F)F)NC(C)=C(C(=O)OCCCCCCNCC(O)c2cccc(Cl)c2)C1c1cccc([N+](=O)[O-])c1. The van der Waals surface area contributed by atoms with Crippen LogP contribution in [-0.2, 0) is 19.1 Å². The van der Waals surface area contributed by atoms with Gasteiger partial charge in [-0.15, -0.1) is 0 Å². The van der Waals surface area contributed by atoms with Crippen LogP contribution in [0.3, 0.4) is 0 Å². The lowest BCUT2D eigenvalue weighted by atomic mass is 9.80. The van der Waals surface area contributed by atoms with Crippen LogP contribution >= 0.6 is 11.6 Å². The van der Waals surface area contributed by atoms with E-state index in [1.165, 1.54) is 19.1 Å². The van der Waals surface area contributed by atoms with E-state index in [1.54, 1.807) is 24.3 Å². The molecule has 14 heteroatoms. The Balaban J connectivity index is 1.62. The number of hydrogen-bond donors (Lipinski definition) is 3. The van der Waals surface area contributed by atoms with E-state index in [4.69, 9.17) is 16.3 Å². The molecule has 44 heavy (non-hydrogen) atoms. The predicted octanol–water partition coefficient (Wildman–Crippen LogP) is 5.63. The number of halogens is 4. The van der Waals surface area contributed by atoms with Gasteiger partial charge in [-0.05, 0) is 49.6 Å². The number of carbonyl (C=O) groups is 2. The average Bonchev–Trinajstić information content (AvgIpc) is 2.98. The van der Waals surface area contributed by atoms with Crippen molar-refractivity contribution in [2.24, 2.45) is 0 Å². The lowest BCUT2D eigenvalue weighted by Crippen LogP contribution is -2.38. The number of aliphatic hydroxyl groups excluding tert-OH is 1. The van der Waals surface area contributed by atoms with Crippen LogP contribution in [-0.4, -0.2) is 55.0 Å². The topological polar surface area (TPSA) is 140 Å². The first kappa shape index (κ1) is 34.5. The molecule has 3 N–H and O–H groups in total. The van der Waals surface area contributed by atoms with E-state index in [9.17, 15) is 38.0 Å². The molecule has 0 radical (unpaired) electrons. The Morgan fingerprint density at radius 2 is 1.80 bits per heavy atom. The number of rotatable bonds is 14. The van der Waals surface area contributed by atoms with Gasteiger partial charge in [0.25, 0.3) is 5.69 Å². The molecule has 0 aromatic heterocycles. The van der Waals surface area contributed by atoms with Crippen molar-refractivity contribution in [1.82, 2.24) is 10.6 Å². The fraction of sp³-hybridized carbons (Fsp3) is 0.400. The first-order chi connectivity index (χ1) is 20.8. The molecule has 0 aliphatic carbocycles. The number of aliphatic hydroxyl groups is 1.